The predicted molar refractivity (Wildman–Crippen MR) is 114 cm³/mol. The summed E-state index contributed by atoms with van der Waals surface area (Å²) in [6.07, 6.45) is -3.10. The summed E-state index contributed by atoms with van der Waals surface area (Å²) in [5.41, 5.74) is -1.03. The first kappa shape index (κ1) is 24.5. The number of aromatic nitrogens is 2. The Labute approximate surface area is 192 Å². The van der Waals surface area contributed by atoms with Gasteiger partial charge >= 0.3 is 5.97 Å². The molecule has 0 aliphatic carbocycles. The topological polar surface area (TPSA) is 111 Å². The molecule has 0 fully saturated rings. The number of alkyl halides is 2. The largest absolute Gasteiger partial charge is 0.478 e. The normalized spacial score (nSPS) is 11.9. The Kier molecular flexibility index (Phi) is 7.04. The maximum Gasteiger partial charge on any atom is 0.335 e. The van der Waals surface area contributed by atoms with Crippen LogP contribution in [0.1, 0.15) is 68.6 Å². The van der Waals surface area contributed by atoms with Crippen LogP contribution in [0.15, 0.2) is 42.5 Å². The molecule has 1 amide bonds. The fourth-order valence-corrected chi connectivity index (χ4v) is 3.23. The second-order valence-corrected chi connectivity index (χ2v) is 7.41. The Morgan fingerprint density at radius 2 is 1.76 bits per heavy atom. The Hall–Kier alpha value is -4.15. The van der Waals surface area contributed by atoms with Crippen molar-refractivity contribution in [2.45, 2.75) is 26.3 Å². The number of hydrogen-bond donors (Lipinski definition) is 2. The molecule has 1 heterocycles. The standard InChI is InChI=1S/C23H20F3N3O5/c1-11(13-4-6-14(7-5-13)23(32)33)27-21(31)18-19(20(25)26)28-29(3)22(18)34-15-8-9-17(24)16(10-15)12(2)30/h4-11,20H,1-3H3,(H,27,31)(H,32,33). The average Bonchev–Trinajstić information content (AvgIpc) is 3.11. The number of aromatic carboxylic acids is 1. The van der Waals surface area contributed by atoms with Crippen molar-refractivity contribution in [1.29, 1.82) is 0 Å². The lowest BCUT2D eigenvalue weighted by Gasteiger charge is -2.16. The summed E-state index contributed by atoms with van der Waals surface area (Å²) in [5.74, 6) is -3.76. The lowest BCUT2D eigenvalue weighted by atomic mass is 10.1. The molecule has 0 radical (unpaired) electrons. The zero-order valence-corrected chi connectivity index (χ0v) is 18.3. The number of nitrogens with zero attached hydrogens (tertiary/aromatic N) is 2. The first-order valence-corrected chi connectivity index (χ1v) is 9.97. The maximum absolute atomic E-state index is 13.8. The van der Waals surface area contributed by atoms with Crippen LogP contribution in [0.2, 0.25) is 0 Å². The maximum atomic E-state index is 13.8. The molecule has 34 heavy (non-hydrogen) atoms. The highest BCUT2D eigenvalue weighted by molar-refractivity contribution is 5.98. The minimum atomic E-state index is -3.10. The number of carbonyl (C=O) groups is 3. The molecule has 8 nitrogen and oxygen atoms in total. The van der Waals surface area contributed by atoms with Crippen LogP contribution in [0.25, 0.3) is 0 Å². The molecule has 2 aromatic carbocycles. The van der Waals surface area contributed by atoms with Gasteiger partial charge in [0.25, 0.3) is 12.3 Å². The van der Waals surface area contributed by atoms with Gasteiger partial charge in [-0.1, -0.05) is 12.1 Å². The molecule has 0 bridgehead atoms. The number of rotatable bonds is 8. The highest BCUT2D eigenvalue weighted by Crippen LogP contribution is 2.33. The molecule has 1 atom stereocenters. The van der Waals surface area contributed by atoms with Crippen molar-refractivity contribution in [1.82, 2.24) is 15.1 Å². The van der Waals surface area contributed by atoms with Crippen molar-refractivity contribution < 1.29 is 37.4 Å². The van der Waals surface area contributed by atoms with Crippen molar-refractivity contribution in [3.63, 3.8) is 0 Å². The molecular weight excluding hydrogens is 455 g/mol. The molecule has 1 unspecified atom stereocenters. The minimum Gasteiger partial charge on any atom is -0.478 e. The molecule has 3 aromatic rings. The molecule has 1 aromatic heterocycles. The fourth-order valence-electron chi connectivity index (χ4n) is 3.23. The summed E-state index contributed by atoms with van der Waals surface area (Å²) < 4.78 is 47.7. The number of carboxylic acids is 1. The zero-order chi connectivity index (χ0) is 25.2. The number of hydrogen-bond acceptors (Lipinski definition) is 5. The zero-order valence-electron chi connectivity index (χ0n) is 18.3. The van der Waals surface area contributed by atoms with E-state index in [0.717, 1.165) is 23.7 Å². The number of ketones is 1. The SMILES string of the molecule is CC(=O)c1cc(Oc2c(C(=O)NC(C)c3ccc(C(=O)O)cc3)c(C(F)F)nn2C)ccc1F. The highest BCUT2D eigenvalue weighted by atomic mass is 19.3. The van der Waals surface area contributed by atoms with Gasteiger partial charge in [-0.3, -0.25) is 9.59 Å². The molecule has 0 spiro atoms. The second kappa shape index (κ2) is 9.77. The average molecular weight is 475 g/mol. The molecule has 2 N–H and O–H groups in total. The van der Waals surface area contributed by atoms with E-state index >= 15 is 0 Å². The first-order valence-electron chi connectivity index (χ1n) is 9.97. The van der Waals surface area contributed by atoms with E-state index in [1.165, 1.54) is 37.4 Å². The van der Waals surface area contributed by atoms with E-state index in [4.69, 9.17) is 9.84 Å². The van der Waals surface area contributed by atoms with Gasteiger partial charge < -0.3 is 15.2 Å². The van der Waals surface area contributed by atoms with Crippen LogP contribution < -0.4 is 10.1 Å². The van der Waals surface area contributed by atoms with Gasteiger partial charge in [0.2, 0.25) is 5.88 Å². The number of nitrogens with one attached hydrogen (secondary N) is 1. The van der Waals surface area contributed by atoms with Crippen molar-refractivity contribution in [3.8, 4) is 11.6 Å². The smallest absolute Gasteiger partial charge is 0.335 e. The van der Waals surface area contributed by atoms with Crippen molar-refractivity contribution in [3.05, 3.63) is 76.2 Å². The second-order valence-electron chi connectivity index (χ2n) is 7.41. The van der Waals surface area contributed by atoms with E-state index in [-0.39, 0.29) is 22.8 Å². The molecule has 178 valence electrons. The molecule has 0 aliphatic heterocycles. The van der Waals surface area contributed by atoms with Gasteiger partial charge in [0.15, 0.2) is 5.78 Å². The number of aryl methyl sites for hydroxylation is 1. The fraction of sp³-hybridized carbons (Fsp3) is 0.217. The number of carboxylic acid groups (broad SMARTS) is 1. The first-order chi connectivity index (χ1) is 16.0. The van der Waals surface area contributed by atoms with Crippen LogP contribution in [0.4, 0.5) is 13.2 Å². The molecule has 3 rings (SSSR count). The predicted octanol–water partition coefficient (Wildman–Crippen LogP) is 4.68. The van der Waals surface area contributed by atoms with Crippen molar-refractivity contribution in [2.24, 2.45) is 7.05 Å². The monoisotopic (exact) mass is 475 g/mol. The Morgan fingerprint density at radius 3 is 2.32 bits per heavy atom. The van der Waals surface area contributed by atoms with Crippen LogP contribution in [0, 0.1) is 5.82 Å². The Balaban J connectivity index is 1.94. The summed E-state index contributed by atoms with van der Waals surface area (Å²) in [4.78, 5) is 35.6. The highest BCUT2D eigenvalue weighted by Gasteiger charge is 2.30. The van der Waals surface area contributed by atoms with Crippen molar-refractivity contribution in [2.75, 3.05) is 0 Å². The number of halogens is 3. The number of Topliss-reactive ketones (excluding diaryl/α,β-unsaturated/α-hetero) is 1. The van der Waals surface area contributed by atoms with E-state index in [1.807, 2.05) is 0 Å². The summed E-state index contributed by atoms with van der Waals surface area (Å²) in [7, 11) is 1.29. The van der Waals surface area contributed by atoms with Crippen LogP contribution in [-0.2, 0) is 7.05 Å². The summed E-state index contributed by atoms with van der Waals surface area (Å²) in [6.45, 7) is 2.75. The van der Waals surface area contributed by atoms with Gasteiger partial charge in [0.1, 0.15) is 22.8 Å². The molecule has 0 saturated carbocycles. The number of ether oxygens (including phenoxy) is 1. The Morgan fingerprint density at radius 1 is 1.12 bits per heavy atom. The lowest BCUT2D eigenvalue weighted by Crippen LogP contribution is -2.27. The van der Waals surface area contributed by atoms with Gasteiger partial charge in [0, 0.05) is 7.05 Å². The third-order valence-corrected chi connectivity index (χ3v) is 4.99. The lowest BCUT2D eigenvalue weighted by molar-refractivity contribution is 0.0696. The van der Waals surface area contributed by atoms with Crippen LogP contribution >= 0.6 is 0 Å². The van der Waals surface area contributed by atoms with Crippen LogP contribution in [0.3, 0.4) is 0 Å². The number of benzene rings is 2. The van der Waals surface area contributed by atoms with Gasteiger partial charge in [-0.05, 0) is 49.7 Å². The molecule has 11 heteroatoms. The number of carbonyl (C=O) groups excluding carboxylic acids is 2. The molecule has 0 saturated heterocycles. The van der Waals surface area contributed by atoms with Gasteiger partial charge in [0.05, 0.1) is 17.2 Å². The third-order valence-electron chi connectivity index (χ3n) is 4.99. The van der Waals surface area contributed by atoms with Crippen LogP contribution in [0.5, 0.6) is 11.6 Å². The van der Waals surface area contributed by atoms with E-state index < -0.39 is 47.2 Å². The van der Waals surface area contributed by atoms with E-state index in [0.29, 0.717) is 5.56 Å². The van der Waals surface area contributed by atoms with Gasteiger partial charge in [-0.2, -0.15) is 5.10 Å². The third kappa shape index (κ3) is 5.08. The van der Waals surface area contributed by atoms with E-state index in [9.17, 15) is 27.6 Å². The van der Waals surface area contributed by atoms with E-state index in [1.54, 1.807) is 6.92 Å². The van der Waals surface area contributed by atoms with Gasteiger partial charge in [-0.15, -0.1) is 0 Å². The number of amides is 1. The molecular formula is C23H20F3N3O5. The van der Waals surface area contributed by atoms with Crippen LogP contribution in [-0.4, -0.2) is 32.5 Å². The molecule has 0 aliphatic rings. The summed E-state index contributed by atoms with van der Waals surface area (Å²) >= 11 is 0. The Bertz CT molecular complexity index is 1260. The quantitative estimate of drug-likeness (QED) is 0.458. The van der Waals surface area contributed by atoms with Crippen molar-refractivity contribution >= 4 is 17.7 Å². The van der Waals surface area contributed by atoms with Gasteiger partial charge in [-0.25, -0.2) is 22.6 Å². The summed E-state index contributed by atoms with van der Waals surface area (Å²) in [5, 5.41) is 15.3. The van der Waals surface area contributed by atoms with E-state index in [2.05, 4.69) is 10.4 Å². The minimum absolute atomic E-state index is 0.0504. The summed E-state index contributed by atoms with van der Waals surface area (Å²) in [6, 6.07) is 8.28.